The van der Waals surface area contributed by atoms with Gasteiger partial charge in [-0.3, -0.25) is 9.10 Å². The lowest BCUT2D eigenvalue weighted by molar-refractivity contribution is -0.137. The quantitative estimate of drug-likeness (QED) is 0.816. The van der Waals surface area contributed by atoms with Crippen LogP contribution in [-0.4, -0.2) is 44.4 Å². The van der Waals surface area contributed by atoms with Crippen LogP contribution in [0.3, 0.4) is 0 Å². The summed E-state index contributed by atoms with van der Waals surface area (Å²) < 4.78 is 26.8. The van der Waals surface area contributed by atoms with Gasteiger partial charge >= 0.3 is 16.2 Å². The molecule has 0 heterocycles. The second-order valence-electron chi connectivity index (χ2n) is 4.20. The van der Waals surface area contributed by atoms with Crippen molar-refractivity contribution in [1.29, 1.82) is 0 Å². The molecule has 0 unspecified atom stereocenters. The summed E-state index contributed by atoms with van der Waals surface area (Å²) in [6, 6.07) is 8.64. The number of carbonyl (C=O) groups is 1. The van der Waals surface area contributed by atoms with Crippen LogP contribution < -0.4 is 4.31 Å². The first kappa shape index (κ1) is 15.5. The average Bonchev–Trinajstić information content (AvgIpc) is 2.35. The molecule has 0 atom stereocenters. The highest BCUT2D eigenvalue weighted by atomic mass is 32.2. The zero-order valence-corrected chi connectivity index (χ0v) is 11.8. The van der Waals surface area contributed by atoms with Crippen LogP contribution >= 0.6 is 0 Å². The highest BCUT2D eigenvalue weighted by molar-refractivity contribution is 7.90. The van der Waals surface area contributed by atoms with Gasteiger partial charge in [0.15, 0.2) is 0 Å². The molecule has 1 N–H and O–H groups in total. The van der Waals surface area contributed by atoms with Gasteiger partial charge in [0, 0.05) is 27.1 Å². The minimum absolute atomic E-state index is 0.0632. The van der Waals surface area contributed by atoms with E-state index >= 15 is 0 Å². The third kappa shape index (κ3) is 4.22. The molecular formula is C12H18N2O4S. The number of para-hydroxylation sites is 1. The second-order valence-corrected chi connectivity index (χ2v) is 6.26. The second kappa shape index (κ2) is 6.53. The van der Waals surface area contributed by atoms with E-state index in [2.05, 4.69) is 0 Å². The number of nitrogens with zero attached hydrogens (tertiary/aromatic N) is 2. The van der Waals surface area contributed by atoms with E-state index in [0.717, 1.165) is 4.31 Å². The fourth-order valence-corrected chi connectivity index (χ4v) is 2.69. The fourth-order valence-electron chi connectivity index (χ4n) is 1.54. The predicted molar refractivity (Wildman–Crippen MR) is 73.3 cm³/mol. The summed E-state index contributed by atoms with van der Waals surface area (Å²) in [5, 5.41) is 8.63. The van der Waals surface area contributed by atoms with Gasteiger partial charge in [-0.2, -0.15) is 12.7 Å². The molecule has 6 nitrogen and oxygen atoms in total. The number of hydrogen-bond acceptors (Lipinski definition) is 3. The summed E-state index contributed by atoms with van der Waals surface area (Å²) >= 11 is 0. The highest BCUT2D eigenvalue weighted by Gasteiger charge is 2.24. The van der Waals surface area contributed by atoms with Crippen molar-refractivity contribution in [3.8, 4) is 0 Å². The maximum absolute atomic E-state index is 12.2. The lowest BCUT2D eigenvalue weighted by Crippen LogP contribution is -2.40. The first-order valence-electron chi connectivity index (χ1n) is 5.82. The number of benzene rings is 1. The van der Waals surface area contributed by atoms with Gasteiger partial charge in [0.05, 0.1) is 5.69 Å². The van der Waals surface area contributed by atoms with E-state index in [1.807, 2.05) is 0 Å². The molecule has 0 spiro atoms. The third-order valence-electron chi connectivity index (χ3n) is 2.54. The van der Waals surface area contributed by atoms with E-state index in [1.54, 1.807) is 30.3 Å². The SMILES string of the molecule is CN(C)S(=O)(=O)N(CCCC(=O)O)c1ccccc1. The van der Waals surface area contributed by atoms with E-state index in [0.29, 0.717) is 5.69 Å². The van der Waals surface area contributed by atoms with Crippen molar-refractivity contribution in [3.05, 3.63) is 30.3 Å². The lowest BCUT2D eigenvalue weighted by Gasteiger charge is -2.27. The Morgan fingerprint density at radius 3 is 2.26 bits per heavy atom. The van der Waals surface area contributed by atoms with E-state index in [4.69, 9.17) is 5.11 Å². The monoisotopic (exact) mass is 286 g/mol. The van der Waals surface area contributed by atoms with Crippen molar-refractivity contribution in [2.24, 2.45) is 0 Å². The van der Waals surface area contributed by atoms with E-state index in [9.17, 15) is 13.2 Å². The third-order valence-corrected chi connectivity index (χ3v) is 4.41. The van der Waals surface area contributed by atoms with Crippen molar-refractivity contribution >= 4 is 21.9 Å². The standard InChI is InChI=1S/C12H18N2O4S/c1-13(2)19(17,18)14(10-6-9-12(15)16)11-7-4-3-5-8-11/h3-5,7-8H,6,9-10H2,1-2H3,(H,15,16). The Morgan fingerprint density at radius 2 is 1.79 bits per heavy atom. The minimum atomic E-state index is -3.62. The molecule has 106 valence electrons. The minimum Gasteiger partial charge on any atom is -0.481 e. The van der Waals surface area contributed by atoms with Crippen molar-refractivity contribution in [2.75, 3.05) is 24.9 Å². The van der Waals surface area contributed by atoms with Crippen LogP contribution in [0.1, 0.15) is 12.8 Å². The summed E-state index contributed by atoms with van der Waals surface area (Å²) in [5.74, 6) is -0.935. The Hall–Kier alpha value is -1.60. The molecule has 0 bridgehead atoms. The molecule has 0 aliphatic rings. The van der Waals surface area contributed by atoms with Crippen molar-refractivity contribution in [2.45, 2.75) is 12.8 Å². The van der Waals surface area contributed by atoms with Gasteiger partial charge in [-0.1, -0.05) is 18.2 Å². The molecule has 0 fully saturated rings. The first-order chi connectivity index (χ1) is 8.85. The molecule has 0 aliphatic heterocycles. The zero-order valence-electron chi connectivity index (χ0n) is 11.0. The van der Waals surface area contributed by atoms with E-state index in [-0.39, 0.29) is 19.4 Å². The van der Waals surface area contributed by atoms with Gasteiger partial charge in [-0.05, 0) is 18.6 Å². The molecule has 0 radical (unpaired) electrons. The maximum atomic E-state index is 12.2. The number of rotatable bonds is 7. The topological polar surface area (TPSA) is 77.9 Å². The molecule has 19 heavy (non-hydrogen) atoms. The van der Waals surface area contributed by atoms with E-state index in [1.165, 1.54) is 18.4 Å². The molecule has 0 saturated carbocycles. The van der Waals surface area contributed by atoms with Crippen LogP contribution in [0.5, 0.6) is 0 Å². The van der Waals surface area contributed by atoms with Crippen molar-refractivity contribution < 1.29 is 18.3 Å². The highest BCUT2D eigenvalue weighted by Crippen LogP contribution is 2.19. The molecule has 0 saturated heterocycles. The molecule has 0 aromatic heterocycles. The van der Waals surface area contributed by atoms with Crippen LogP contribution in [0.15, 0.2) is 30.3 Å². The Labute approximate surface area is 113 Å². The fraction of sp³-hybridized carbons (Fsp3) is 0.417. The van der Waals surface area contributed by atoms with Gasteiger partial charge < -0.3 is 5.11 Å². The van der Waals surface area contributed by atoms with Crippen LogP contribution in [0.25, 0.3) is 0 Å². The Kier molecular flexibility index (Phi) is 5.31. The predicted octanol–water partition coefficient (Wildman–Crippen LogP) is 1.16. The molecular weight excluding hydrogens is 268 g/mol. The normalized spacial score (nSPS) is 11.5. The molecule has 7 heteroatoms. The summed E-state index contributed by atoms with van der Waals surface area (Å²) in [6.07, 6.45) is 0.198. The summed E-state index contributed by atoms with van der Waals surface area (Å²) in [6.45, 7) is 0.136. The Bertz CT molecular complexity index is 514. The van der Waals surface area contributed by atoms with Gasteiger partial charge in [0.1, 0.15) is 0 Å². The first-order valence-corrected chi connectivity index (χ1v) is 7.22. The van der Waals surface area contributed by atoms with Crippen LogP contribution in [0.2, 0.25) is 0 Å². The van der Waals surface area contributed by atoms with Crippen LogP contribution in [0.4, 0.5) is 5.69 Å². The van der Waals surface area contributed by atoms with Crippen LogP contribution in [-0.2, 0) is 15.0 Å². The van der Waals surface area contributed by atoms with Crippen LogP contribution in [0, 0.1) is 0 Å². The summed E-state index contributed by atoms with van der Waals surface area (Å²) in [4.78, 5) is 10.5. The zero-order chi connectivity index (χ0) is 14.5. The van der Waals surface area contributed by atoms with Crippen molar-refractivity contribution in [1.82, 2.24) is 4.31 Å². The molecule has 0 amide bonds. The Balaban J connectivity index is 2.96. The summed E-state index contributed by atoms with van der Waals surface area (Å²) in [7, 11) is -0.722. The number of carboxylic acid groups (broad SMARTS) is 1. The van der Waals surface area contributed by atoms with Gasteiger partial charge in [-0.25, -0.2) is 0 Å². The number of aliphatic carboxylic acids is 1. The van der Waals surface area contributed by atoms with E-state index < -0.39 is 16.2 Å². The number of anilines is 1. The average molecular weight is 286 g/mol. The number of hydrogen-bond donors (Lipinski definition) is 1. The van der Waals surface area contributed by atoms with Gasteiger partial charge in [0.2, 0.25) is 0 Å². The van der Waals surface area contributed by atoms with Crippen molar-refractivity contribution in [3.63, 3.8) is 0 Å². The van der Waals surface area contributed by atoms with Gasteiger partial charge in [-0.15, -0.1) is 0 Å². The smallest absolute Gasteiger partial charge is 0.303 e. The lowest BCUT2D eigenvalue weighted by atomic mass is 10.3. The largest absolute Gasteiger partial charge is 0.481 e. The summed E-state index contributed by atoms with van der Waals surface area (Å²) in [5.41, 5.74) is 0.529. The maximum Gasteiger partial charge on any atom is 0.303 e. The molecule has 0 aliphatic carbocycles. The molecule has 1 aromatic carbocycles. The molecule has 1 aromatic rings. The Morgan fingerprint density at radius 1 is 1.21 bits per heavy atom. The molecule has 1 rings (SSSR count). The van der Waals surface area contributed by atoms with Gasteiger partial charge in [0.25, 0.3) is 0 Å². The number of carboxylic acids is 1.